The average molecular weight is 393 g/mol. The van der Waals surface area contributed by atoms with Crippen molar-refractivity contribution in [3.8, 4) is 0 Å². The molecule has 1 aromatic carbocycles. The molecule has 24 heavy (non-hydrogen) atoms. The first-order valence-electron chi connectivity index (χ1n) is 8.95. The molecule has 0 spiro atoms. The summed E-state index contributed by atoms with van der Waals surface area (Å²) >= 11 is 3.47. The van der Waals surface area contributed by atoms with E-state index in [9.17, 15) is 9.59 Å². The summed E-state index contributed by atoms with van der Waals surface area (Å²) in [5, 5.41) is 3.01. The second-order valence-electron chi connectivity index (χ2n) is 6.91. The van der Waals surface area contributed by atoms with E-state index in [4.69, 9.17) is 0 Å². The van der Waals surface area contributed by atoms with E-state index in [1.54, 1.807) is 0 Å². The highest BCUT2D eigenvalue weighted by atomic mass is 79.9. The van der Waals surface area contributed by atoms with Crippen LogP contribution in [-0.2, 0) is 16.0 Å². The highest BCUT2D eigenvalue weighted by Gasteiger charge is 2.38. The van der Waals surface area contributed by atoms with Gasteiger partial charge in [-0.15, -0.1) is 0 Å². The molecule has 2 fully saturated rings. The Morgan fingerprint density at radius 2 is 2.08 bits per heavy atom. The highest BCUT2D eigenvalue weighted by molar-refractivity contribution is 9.10. The second-order valence-corrected chi connectivity index (χ2v) is 7.83. The number of nitrogens with one attached hydrogen (secondary N) is 1. The van der Waals surface area contributed by atoms with E-state index in [0.29, 0.717) is 25.6 Å². The van der Waals surface area contributed by atoms with E-state index in [-0.39, 0.29) is 17.7 Å². The van der Waals surface area contributed by atoms with Crippen molar-refractivity contribution in [2.24, 2.45) is 5.92 Å². The molecule has 1 unspecified atom stereocenters. The Morgan fingerprint density at radius 1 is 1.29 bits per heavy atom. The number of carbonyl (C=O) groups excluding carboxylic acids is 2. The molecule has 0 bridgehead atoms. The monoisotopic (exact) mass is 392 g/mol. The fraction of sp³-hybridized carbons (Fsp3) is 0.579. The van der Waals surface area contributed by atoms with Crippen molar-refractivity contribution in [3.05, 3.63) is 34.3 Å². The molecular weight excluding hydrogens is 368 g/mol. The molecule has 3 rings (SSSR count). The summed E-state index contributed by atoms with van der Waals surface area (Å²) in [6, 6.07) is 8.63. The van der Waals surface area contributed by atoms with Crippen LogP contribution in [-0.4, -0.2) is 35.8 Å². The van der Waals surface area contributed by atoms with Crippen molar-refractivity contribution in [3.63, 3.8) is 0 Å². The molecule has 0 radical (unpaired) electrons. The zero-order valence-corrected chi connectivity index (χ0v) is 15.6. The van der Waals surface area contributed by atoms with E-state index in [2.05, 4.69) is 33.4 Å². The van der Waals surface area contributed by atoms with Crippen molar-refractivity contribution in [1.29, 1.82) is 0 Å². The van der Waals surface area contributed by atoms with Gasteiger partial charge in [0.25, 0.3) is 0 Å². The normalized spacial score (nSPS) is 21.5. The van der Waals surface area contributed by atoms with Gasteiger partial charge in [-0.3, -0.25) is 9.59 Å². The summed E-state index contributed by atoms with van der Waals surface area (Å²) in [5.74, 6) is 0.0400. The maximum Gasteiger partial charge on any atom is 0.225 e. The van der Waals surface area contributed by atoms with Gasteiger partial charge in [0.1, 0.15) is 0 Å². The van der Waals surface area contributed by atoms with Gasteiger partial charge < -0.3 is 10.2 Å². The van der Waals surface area contributed by atoms with E-state index >= 15 is 0 Å². The topological polar surface area (TPSA) is 49.4 Å². The molecule has 1 saturated carbocycles. The lowest BCUT2D eigenvalue weighted by molar-refractivity contribution is -0.130. The summed E-state index contributed by atoms with van der Waals surface area (Å²) in [4.78, 5) is 26.4. The van der Waals surface area contributed by atoms with Crippen LogP contribution in [0, 0.1) is 5.92 Å². The number of benzene rings is 1. The second kappa shape index (κ2) is 8.15. The van der Waals surface area contributed by atoms with Crippen LogP contribution >= 0.6 is 15.9 Å². The molecule has 4 nitrogen and oxygen atoms in total. The molecule has 1 aromatic rings. The Hall–Kier alpha value is -1.36. The summed E-state index contributed by atoms with van der Waals surface area (Å²) < 4.78 is 1.08. The minimum absolute atomic E-state index is 0.0399. The average Bonchev–Trinajstić information content (AvgIpc) is 3.20. The van der Waals surface area contributed by atoms with Gasteiger partial charge in [-0.05, 0) is 43.4 Å². The maximum atomic E-state index is 12.3. The largest absolute Gasteiger partial charge is 0.356 e. The minimum atomic E-state index is -0.163. The third-order valence-electron chi connectivity index (χ3n) is 5.13. The zero-order valence-electron chi connectivity index (χ0n) is 14.0. The number of likely N-dealkylation sites (tertiary alicyclic amines) is 1. The van der Waals surface area contributed by atoms with E-state index in [1.807, 2.05) is 17.0 Å². The predicted octanol–water partition coefficient (Wildman–Crippen LogP) is 3.29. The van der Waals surface area contributed by atoms with Crippen LogP contribution in [0.3, 0.4) is 0 Å². The number of aryl methyl sites for hydroxylation is 1. The number of carbonyl (C=O) groups is 2. The van der Waals surface area contributed by atoms with Crippen molar-refractivity contribution in [1.82, 2.24) is 10.2 Å². The molecule has 1 aliphatic carbocycles. The lowest BCUT2D eigenvalue weighted by atomic mass is 10.1. The molecule has 1 N–H and O–H groups in total. The first kappa shape index (κ1) is 17.5. The zero-order chi connectivity index (χ0) is 16.9. The number of amides is 2. The van der Waals surface area contributed by atoms with Gasteiger partial charge in [-0.2, -0.15) is 0 Å². The van der Waals surface area contributed by atoms with Crippen molar-refractivity contribution in [2.75, 3.05) is 13.1 Å². The summed E-state index contributed by atoms with van der Waals surface area (Å²) in [5.41, 5.74) is 1.27. The first-order valence-corrected chi connectivity index (χ1v) is 9.74. The minimum Gasteiger partial charge on any atom is -0.356 e. The number of halogens is 1. The molecule has 2 aliphatic rings. The van der Waals surface area contributed by atoms with Gasteiger partial charge in [0, 0.05) is 30.0 Å². The molecule has 1 saturated heterocycles. The third kappa shape index (κ3) is 4.38. The molecule has 1 aliphatic heterocycles. The number of hydrogen-bond donors (Lipinski definition) is 1. The SMILES string of the molecule is O=C(NCCCc1cccc(Br)c1)C1CC(=O)N(C2CCCC2)C1. The molecule has 2 amide bonds. The Kier molecular flexibility index (Phi) is 5.93. The first-order chi connectivity index (χ1) is 11.6. The summed E-state index contributed by atoms with van der Waals surface area (Å²) in [6.07, 6.45) is 6.86. The number of hydrogen-bond acceptors (Lipinski definition) is 2. The van der Waals surface area contributed by atoms with E-state index < -0.39 is 0 Å². The lowest BCUT2D eigenvalue weighted by Gasteiger charge is -2.23. The highest BCUT2D eigenvalue weighted by Crippen LogP contribution is 2.29. The van der Waals surface area contributed by atoms with Crippen molar-refractivity contribution < 1.29 is 9.59 Å². The Labute approximate surface area is 152 Å². The Balaban J connectivity index is 1.40. The maximum absolute atomic E-state index is 12.3. The van der Waals surface area contributed by atoms with Crippen LogP contribution in [0.4, 0.5) is 0 Å². The molecule has 130 valence electrons. The lowest BCUT2D eigenvalue weighted by Crippen LogP contribution is -2.37. The predicted molar refractivity (Wildman–Crippen MR) is 97.5 cm³/mol. The van der Waals surface area contributed by atoms with Gasteiger partial charge in [-0.25, -0.2) is 0 Å². The van der Waals surface area contributed by atoms with Gasteiger partial charge in [-0.1, -0.05) is 40.9 Å². The smallest absolute Gasteiger partial charge is 0.225 e. The van der Waals surface area contributed by atoms with Crippen LogP contribution in [0.2, 0.25) is 0 Å². The molecule has 1 heterocycles. The van der Waals surface area contributed by atoms with E-state index in [1.165, 1.54) is 18.4 Å². The van der Waals surface area contributed by atoms with Crippen molar-refractivity contribution >= 4 is 27.7 Å². The summed E-state index contributed by atoms with van der Waals surface area (Å²) in [7, 11) is 0. The molecule has 1 atom stereocenters. The van der Waals surface area contributed by atoms with Crippen LogP contribution in [0.15, 0.2) is 28.7 Å². The van der Waals surface area contributed by atoms with Crippen LogP contribution in [0.25, 0.3) is 0 Å². The number of nitrogens with zero attached hydrogens (tertiary/aromatic N) is 1. The fourth-order valence-electron chi connectivity index (χ4n) is 3.82. The van der Waals surface area contributed by atoms with Gasteiger partial charge in [0.15, 0.2) is 0 Å². The molecular formula is C19H25BrN2O2. The van der Waals surface area contributed by atoms with Crippen molar-refractivity contribution in [2.45, 2.75) is 51.0 Å². The third-order valence-corrected chi connectivity index (χ3v) is 5.62. The summed E-state index contributed by atoms with van der Waals surface area (Å²) in [6.45, 7) is 1.28. The van der Waals surface area contributed by atoms with Crippen LogP contribution in [0.5, 0.6) is 0 Å². The van der Waals surface area contributed by atoms with Gasteiger partial charge in [0.05, 0.1) is 5.92 Å². The fourth-order valence-corrected chi connectivity index (χ4v) is 4.26. The van der Waals surface area contributed by atoms with Crippen LogP contribution < -0.4 is 5.32 Å². The quantitative estimate of drug-likeness (QED) is 0.755. The van der Waals surface area contributed by atoms with Crippen LogP contribution in [0.1, 0.15) is 44.1 Å². The molecule has 0 aromatic heterocycles. The Bertz CT molecular complexity index is 599. The van der Waals surface area contributed by atoms with E-state index in [0.717, 1.165) is 30.2 Å². The number of rotatable bonds is 6. The van der Waals surface area contributed by atoms with Gasteiger partial charge in [0.2, 0.25) is 11.8 Å². The Morgan fingerprint density at radius 3 is 2.83 bits per heavy atom. The molecule has 5 heteroatoms. The van der Waals surface area contributed by atoms with Gasteiger partial charge >= 0.3 is 0 Å². The standard InChI is InChI=1S/C19H25BrN2O2/c20-16-7-3-5-14(11-16)6-4-10-21-19(24)15-12-18(23)22(13-15)17-8-1-2-9-17/h3,5,7,11,15,17H,1-2,4,6,8-10,12-13H2,(H,21,24).